The summed E-state index contributed by atoms with van der Waals surface area (Å²) < 4.78 is 4.90. The van der Waals surface area contributed by atoms with Gasteiger partial charge in [-0.3, -0.25) is 0 Å². The summed E-state index contributed by atoms with van der Waals surface area (Å²) in [4.78, 5) is 9.96. The molecule has 0 saturated carbocycles. The lowest BCUT2D eigenvalue weighted by Crippen LogP contribution is -2.44. The van der Waals surface area contributed by atoms with E-state index < -0.39 is 6.16 Å². The molecule has 0 radical (unpaired) electrons. The van der Waals surface area contributed by atoms with Gasteiger partial charge >= 0.3 is 6.16 Å². The van der Waals surface area contributed by atoms with Crippen molar-refractivity contribution in [3.8, 4) is 0 Å². The molecule has 0 saturated heterocycles. The van der Waals surface area contributed by atoms with Crippen LogP contribution < -0.4 is 0 Å². The van der Waals surface area contributed by atoms with Crippen molar-refractivity contribution in [2.24, 2.45) is 0 Å². The van der Waals surface area contributed by atoms with Gasteiger partial charge in [-0.15, -0.1) is 0 Å². The van der Waals surface area contributed by atoms with Crippen LogP contribution >= 0.6 is 0 Å². The second kappa shape index (κ2) is 4.95. The number of quaternary nitrogens is 1. The SMILES string of the molecule is C[N+](C)(CCO)CCOC(=O)O. The maximum absolute atomic E-state index is 9.96. The average Bonchev–Trinajstić information content (AvgIpc) is 1.85. The first-order valence-corrected chi connectivity index (χ1v) is 3.76. The van der Waals surface area contributed by atoms with E-state index in [1.807, 2.05) is 14.1 Å². The van der Waals surface area contributed by atoms with Crippen LogP contribution in [0.1, 0.15) is 0 Å². The summed E-state index contributed by atoms with van der Waals surface area (Å²) in [7, 11) is 3.81. The number of likely N-dealkylation sites (N-methyl/N-ethyl adjacent to an activating group) is 1. The van der Waals surface area contributed by atoms with Gasteiger partial charge in [0.2, 0.25) is 0 Å². The molecule has 0 atom stereocenters. The Morgan fingerprint density at radius 1 is 1.42 bits per heavy atom. The predicted octanol–water partition coefficient (Wildman–Crippen LogP) is -0.250. The second-order valence-corrected chi connectivity index (χ2v) is 3.22. The highest BCUT2D eigenvalue weighted by Crippen LogP contribution is 1.95. The Bertz CT molecular complexity index is 146. The van der Waals surface area contributed by atoms with E-state index in [0.717, 1.165) is 0 Å². The molecule has 0 heterocycles. The van der Waals surface area contributed by atoms with Gasteiger partial charge in [-0.2, -0.15) is 0 Å². The molecule has 0 aliphatic rings. The van der Waals surface area contributed by atoms with Crippen LogP contribution in [-0.2, 0) is 4.74 Å². The maximum Gasteiger partial charge on any atom is 0.505 e. The number of carboxylic acid groups (broad SMARTS) is 1. The van der Waals surface area contributed by atoms with Crippen molar-refractivity contribution >= 4 is 6.16 Å². The number of hydrogen-bond donors (Lipinski definition) is 2. The van der Waals surface area contributed by atoms with Crippen LogP contribution in [0.3, 0.4) is 0 Å². The first-order valence-electron chi connectivity index (χ1n) is 3.76. The molecule has 2 N–H and O–H groups in total. The molecular formula is C7H16NO4+. The van der Waals surface area contributed by atoms with Crippen LogP contribution in [0.2, 0.25) is 0 Å². The van der Waals surface area contributed by atoms with Crippen LogP contribution in [0, 0.1) is 0 Å². The topological polar surface area (TPSA) is 66.8 Å². The van der Waals surface area contributed by atoms with E-state index in [0.29, 0.717) is 17.6 Å². The molecule has 0 aliphatic carbocycles. The van der Waals surface area contributed by atoms with Gasteiger partial charge in [0.25, 0.3) is 0 Å². The van der Waals surface area contributed by atoms with E-state index in [2.05, 4.69) is 4.74 Å². The van der Waals surface area contributed by atoms with E-state index in [-0.39, 0.29) is 13.2 Å². The van der Waals surface area contributed by atoms with Gasteiger partial charge in [0.15, 0.2) is 0 Å². The molecule has 5 nitrogen and oxygen atoms in total. The normalized spacial score (nSPS) is 11.2. The lowest BCUT2D eigenvalue weighted by atomic mass is 10.4. The van der Waals surface area contributed by atoms with E-state index in [1.54, 1.807) is 0 Å². The molecular weight excluding hydrogens is 162 g/mol. The van der Waals surface area contributed by atoms with Crippen molar-refractivity contribution in [1.29, 1.82) is 0 Å². The highest BCUT2D eigenvalue weighted by Gasteiger charge is 2.14. The standard InChI is InChI=1S/C7H15NO4/c1-8(2,3-5-9)4-6-12-7(10)11/h9H,3-6H2,1-2H3/p+1. The predicted molar refractivity (Wildman–Crippen MR) is 42.9 cm³/mol. The molecule has 12 heavy (non-hydrogen) atoms. The zero-order valence-corrected chi connectivity index (χ0v) is 7.49. The molecule has 0 fully saturated rings. The minimum atomic E-state index is -1.25. The third kappa shape index (κ3) is 5.94. The Morgan fingerprint density at radius 2 is 2.00 bits per heavy atom. The quantitative estimate of drug-likeness (QED) is 0.450. The number of hydrogen-bond acceptors (Lipinski definition) is 3. The molecule has 0 aromatic rings. The first-order chi connectivity index (χ1) is 5.48. The van der Waals surface area contributed by atoms with Crippen LogP contribution in [0.15, 0.2) is 0 Å². The smallest absolute Gasteiger partial charge is 0.450 e. The van der Waals surface area contributed by atoms with Gasteiger partial charge in [0, 0.05) is 0 Å². The summed E-state index contributed by atoms with van der Waals surface area (Å²) in [5.74, 6) is 0. The Balaban J connectivity index is 3.53. The molecule has 5 heteroatoms. The van der Waals surface area contributed by atoms with Crippen LogP contribution in [-0.4, -0.2) is 61.3 Å². The van der Waals surface area contributed by atoms with E-state index in [9.17, 15) is 4.79 Å². The Labute approximate surface area is 71.8 Å². The van der Waals surface area contributed by atoms with Crippen LogP contribution in [0.25, 0.3) is 0 Å². The van der Waals surface area contributed by atoms with Gasteiger partial charge in [-0.1, -0.05) is 0 Å². The Kier molecular flexibility index (Phi) is 4.61. The third-order valence-corrected chi connectivity index (χ3v) is 1.63. The summed E-state index contributed by atoms with van der Waals surface area (Å²) in [5, 5.41) is 16.8. The van der Waals surface area contributed by atoms with E-state index in [4.69, 9.17) is 10.2 Å². The van der Waals surface area contributed by atoms with Gasteiger partial charge < -0.3 is 19.4 Å². The summed E-state index contributed by atoms with van der Waals surface area (Å²) in [6.45, 7) is 1.44. The second-order valence-electron chi connectivity index (χ2n) is 3.22. The molecule has 0 amide bonds. The first kappa shape index (κ1) is 11.2. The van der Waals surface area contributed by atoms with Crippen molar-refractivity contribution in [2.45, 2.75) is 0 Å². The van der Waals surface area contributed by atoms with E-state index >= 15 is 0 Å². The minimum Gasteiger partial charge on any atom is -0.450 e. The fourth-order valence-electron chi connectivity index (χ4n) is 0.763. The number of carbonyl (C=O) groups is 1. The number of rotatable bonds is 5. The largest absolute Gasteiger partial charge is 0.505 e. The summed E-state index contributed by atoms with van der Waals surface area (Å²) in [5.41, 5.74) is 0. The fraction of sp³-hybridized carbons (Fsp3) is 0.857. The molecule has 0 aliphatic heterocycles. The summed E-state index contributed by atoms with van der Waals surface area (Å²) >= 11 is 0. The molecule has 72 valence electrons. The highest BCUT2D eigenvalue weighted by atomic mass is 16.7. The average molecular weight is 178 g/mol. The van der Waals surface area contributed by atoms with Crippen molar-refractivity contribution in [2.75, 3.05) is 40.4 Å². The Hall–Kier alpha value is -0.810. The highest BCUT2D eigenvalue weighted by molar-refractivity contribution is 5.56. The summed E-state index contributed by atoms with van der Waals surface area (Å²) in [6.07, 6.45) is -1.25. The third-order valence-electron chi connectivity index (χ3n) is 1.63. The fourth-order valence-corrected chi connectivity index (χ4v) is 0.763. The van der Waals surface area contributed by atoms with Crippen molar-refractivity contribution in [3.63, 3.8) is 0 Å². The zero-order chi connectivity index (χ0) is 9.61. The monoisotopic (exact) mass is 178 g/mol. The molecule has 0 rings (SSSR count). The minimum absolute atomic E-state index is 0.0973. The maximum atomic E-state index is 9.96. The van der Waals surface area contributed by atoms with Gasteiger partial charge in [-0.05, 0) is 0 Å². The van der Waals surface area contributed by atoms with Gasteiger partial charge in [0.1, 0.15) is 19.7 Å². The van der Waals surface area contributed by atoms with Gasteiger partial charge in [0.05, 0.1) is 20.7 Å². The van der Waals surface area contributed by atoms with E-state index in [1.165, 1.54) is 0 Å². The number of aliphatic hydroxyl groups excluding tert-OH is 1. The van der Waals surface area contributed by atoms with Crippen molar-refractivity contribution in [1.82, 2.24) is 0 Å². The van der Waals surface area contributed by atoms with Crippen LogP contribution in [0.4, 0.5) is 4.79 Å². The number of ether oxygens (including phenoxy) is 1. The van der Waals surface area contributed by atoms with Crippen molar-refractivity contribution < 1.29 is 24.2 Å². The lowest BCUT2D eigenvalue weighted by molar-refractivity contribution is -0.890. The Morgan fingerprint density at radius 3 is 2.42 bits per heavy atom. The molecule has 0 spiro atoms. The van der Waals surface area contributed by atoms with Crippen LogP contribution in [0.5, 0.6) is 0 Å². The zero-order valence-electron chi connectivity index (χ0n) is 7.49. The molecule has 0 unspecified atom stereocenters. The van der Waals surface area contributed by atoms with Crippen molar-refractivity contribution in [3.05, 3.63) is 0 Å². The van der Waals surface area contributed by atoms with Gasteiger partial charge in [-0.25, -0.2) is 4.79 Å². The lowest BCUT2D eigenvalue weighted by Gasteiger charge is -2.28. The molecule has 0 aromatic carbocycles. The molecule has 0 bridgehead atoms. The summed E-state index contributed by atoms with van der Waals surface area (Å²) in [6, 6.07) is 0. The molecule has 0 aromatic heterocycles. The number of nitrogens with zero attached hydrogens (tertiary/aromatic N) is 1. The number of aliphatic hydroxyl groups is 1.